The van der Waals surface area contributed by atoms with E-state index < -0.39 is 0 Å². The van der Waals surface area contributed by atoms with Crippen LogP contribution in [0.4, 0.5) is 0 Å². The molecule has 98 valence electrons. The number of hydrogen-bond acceptors (Lipinski definition) is 2. The predicted molar refractivity (Wildman–Crippen MR) is 76.6 cm³/mol. The number of hydrogen-bond donors (Lipinski definition) is 1. The maximum absolute atomic E-state index is 12.0. The third-order valence-electron chi connectivity index (χ3n) is 2.55. The predicted octanol–water partition coefficient (Wildman–Crippen LogP) is 3.63. The van der Waals surface area contributed by atoms with Crippen LogP contribution in [0.1, 0.15) is 21.6 Å². The van der Waals surface area contributed by atoms with Crippen molar-refractivity contribution < 1.29 is 4.79 Å². The van der Waals surface area contributed by atoms with Crippen molar-refractivity contribution in [1.82, 2.24) is 10.3 Å². The molecule has 0 radical (unpaired) electrons. The van der Waals surface area contributed by atoms with Gasteiger partial charge in [-0.25, -0.2) is 4.98 Å². The highest BCUT2D eigenvalue weighted by Crippen LogP contribution is 2.12. The third kappa shape index (κ3) is 3.94. The fraction of sp³-hybridized carbons (Fsp3) is 0.143. The van der Waals surface area contributed by atoms with Crippen molar-refractivity contribution in [1.29, 1.82) is 0 Å². The first-order valence-electron chi connectivity index (χ1n) is 5.71. The highest BCUT2D eigenvalue weighted by Gasteiger charge is 2.07. The molecule has 0 unspecified atom stereocenters. The summed E-state index contributed by atoms with van der Waals surface area (Å²) in [5, 5.41) is 3.81. The maximum Gasteiger partial charge on any atom is 0.251 e. The second-order valence-electron chi connectivity index (χ2n) is 4.13. The number of amides is 1. The minimum Gasteiger partial charge on any atom is -0.348 e. The summed E-state index contributed by atoms with van der Waals surface area (Å²) >= 11 is 11.6. The van der Waals surface area contributed by atoms with Crippen molar-refractivity contribution >= 4 is 29.1 Å². The largest absolute Gasteiger partial charge is 0.348 e. The van der Waals surface area contributed by atoms with Crippen LogP contribution < -0.4 is 5.32 Å². The lowest BCUT2D eigenvalue weighted by Gasteiger charge is -2.06. The van der Waals surface area contributed by atoms with Crippen LogP contribution >= 0.6 is 23.2 Å². The Balaban J connectivity index is 2.03. The quantitative estimate of drug-likeness (QED) is 0.879. The minimum atomic E-state index is -0.178. The van der Waals surface area contributed by atoms with E-state index in [1.54, 1.807) is 31.2 Å². The second-order valence-corrected chi connectivity index (χ2v) is 4.95. The molecule has 1 N–H and O–H groups in total. The van der Waals surface area contributed by atoms with Gasteiger partial charge in [0, 0.05) is 22.8 Å². The first-order valence-corrected chi connectivity index (χ1v) is 6.47. The van der Waals surface area contributed by atoms with E-state index in [9.17, 15) is 4.79 Å². The summed E-state index contributed by atoms with van der Waals surface area (Å²) < 4.78 is 0. The molecule has 0 fully saturated rings. The van der Waals surface area contributed by atoms with Gasteiger partial charge in [0.15, 0.2) is 0 Å². The summed E-state index contributed by atoms with van der Waals surface area (Å²) in [6, 6.07) is 10.6. The molecule has 0 saturated carbocycles. The number of nitrogens with zero attached hydrogens (tertiary/aromatic N) is 1. The Morgan fingerprint density at radius 2 is 1.89 bits per heavy atom. The number of pyridine rings is 1. The molecular weight excluding hydrogens is 283 g/mol. The zero-order valence-electron chi connectivity index (χ0n) is 10.3. The Kier molecular flexibility index (Phi) is 4.40. The average molecular weight is 295 g/mol. The van der Waals surface area contributed by atoms with Gasteiger partial charge >= 0.3 is 0 Å². The van der Waals surface area contributed by atoms with Crippen LogP contribution in [-0.2, 0) is 6.54 Å². The Morgan fingerprint density at radius 3 is 2.53 bits per heavy atom. The van der Waals surface area contributed by atoms with Crippen molar-refractivity contribution in [2.75, 3.05) is 0 Å². The first kappa shape index (κ1) is 13.8. The number of carbonyl (C=O) groups is 1. The highest BCUT2D eigenvalue weighted by molar-refractivity contribution is 6.30. The lowest BCUT2D eigenvalue weighted by molar-refractivity contribution is 0.0950. The Hall–Kier alpha value is -1.58. The number of carbonyl (C=O) groups excluding carboxylic acids is 1. The summed E-state index contributed by atoms with van der Waals surface area (Å²) in [7, 11) is 0. The number of benzene rings is 1. The molecule has 0 saturated heterocycles. The molecule has 5 heteroatoms. The van der Waals surface area contributed by atoms with Crippen LogP contribution in [0, 0.1) is 6.92 Å². The van der Waals surface area contributed by atoms with Gasteiger partial charge in [-0.05, 0) is 36.8 Å². The number of rotatable bonds is 3. The van der Waals surface area contributed by atoms with Gasteiger partial charge in [0.05, 0.1) is 0 Å². The SMILES string of the molecule is Cc1cc(C(=O)NCc2ccc(Cl)cc2)cc(Cl)n1. The summed E-state index contributed by atoms with van der Waals surface area (Å²) in [5.41, 5.74) is 2.20. The maximum atomic E-state index is 12.0. The zero-order valence-corrected chi connectivity index (χ0v) is 11.8. The van der Waals surface area contributed by atoms with Crippen LogP contribution in [0.5, 0.6) is 0 Å². The number of aryl methyl sites for hydroxylation is 1. The molecular formula is C14H12Cl2N2O. The van der Waals surface area contributed by atoms with Gasteiger partial charge in [0.25, 0.3) is 5.91 Å². The summed E-state index contributed by atoms with van der Waals surface area (Å²) in [6.07, 6.45) is 0. The summed E-state index contributed by atoms with van der Waals surface area (Å²) in [4.78, 5) is 16.0. The fourth-order valence-corrected chi connectivity index (χ4v) is 2.02. The third-order valence-corrected chi connectivity index (χ3v) is 3.00. The molecule has 1 amide bonds. The van der Waals surface area contributed by atoms with Gasteiger partial charge < -0.3 is 5.32 Å². The van der Waals surface area contributed by atoms with Crippen LogP contribution in [0.25, 0.3) is 0 Å². The van der Waals surface area contributed by atoms with Gasteiger partial charge in [-0.3, -0.25) is 4.79 Å². The van der Waals surface area contributed by atoms with Crippen molar-refractivity contribution in [3.63, 3.8) is 0 Å². The number of halogens is 2. The Labute approximate surface area is 121 Å². The molecule has 19 heavy (non-hydrogen) atoms. The Morgan fingerprint density at radius 1 is 1.21 bits per heavy atom. The molecule has 2 aromatic rings. The molecule has 0 aliphatic carbocycles. The second kappa shape index (κ2) is 6.04. The van der Waals surface area contributed by atoms with Crippen LogP contribution in [-0.4, -0.2) is 10.9 Å². The van der Waals surface area contributed by atoms with E-state index in [0.717, 1.165) is 5.56 Å². The van der Waals surface area contributed by atoms with E-state index in [4.69, 9.17) is 23.2 Å². The van der Waals surface area contributed by atoms with Crippen molar-refractivity contribution in [3.05, 3.63) is 63.4 Å². The topological polar surface area (TPSA) is 42.0 Å². The number of aromatic nitrogens is 1. The molecule has 1 aromatic carbocycles. The summed E-state index contributed by atoms with van der Waals surface area (Å²) in [5.74, 6) is -0.178. The van der Waals surface area contributed by atoms with E-state index >= 15 is 0 Å². The number of nitrogens with one attached hydrogen (secondary N) is 1. The first-order chi connectivity index (χ1) is 9.04. The van der Waals surface area contributed by atoms with E-state index in [2.05, 4.69) is 10.3 Å². The van der Waals surface area contributed by atoms with Crippen LogP contribution in [0.15, 0.2) is 36.4 Å². The molecule has 2 rings (SSSR count). The Bertz CT molecular complexity index is 577. The van der Waals surface area contributed by atoms with Crippen molar-refractivity contribution in [3.8, 4) is 0 Å². The van der Waals surface area contributed by atoms with Crippen LogP contribution in [0.3, 0.4) is 0 Å². The summed E-state index contributed by atoms with van der Waals surface area (Å²) in [6.45, 7) is 2.23. The minimum absolute atomic E-state index is 0.178. The van der Waals surface area contributed by atoms with Crippen molar-refractivity contribution in [2.24, 2.45) is 0 Å². The van der Waals surface area contributed by atoms with Gasteiger partial charge in [-0.15, -0.1) is 0 Å². The highest BCUT2D eigenvalue weighted by atomic mass is 35.5. The van der Waals surface area contributed by atoms with Gasteiger partial charge in [-0.1, -0.05) is 35.3 Å². The molecule has 3 nitrogen and oxygen atoms in total. The molecule has 0 aliphatic rings. The van der Waals surface area contributed by atoms with Gasteiger partial charge in [0.2, 0.25) is 0 Å². The van der Waals surface area contributed by atoms with Gasteiger partial charge in [-0.2, -0.15) is 0 Å². The smallest absolute Gasteiger partial charge is 0.251 e. The van der Waals surface area contributed by atoms with Gasteiger partial charge in [0.1, 0.15) is 5.15 Å². The lowest BCUT2D eigenvalue weighted by Crippen LogP contribution is -2.23. The van der Waals surface area contributed by atoms with E-state index in [-0.39, 0.29) is 5.91 Å². The van der Waals surface area contributed by atoms with E-state index in [1.807, 2.05) is 12.1 Å². The average Bonchev–Trinajstić information content (AvgIpc) is 2.36. The lowest BCUT2D eigenvalue weighted by atomic mass is 10.2. The van der Waals surface area contributed by atoms with Crippen molar-refractivity contribution in [2.45, 2.75) is 13.5 Å². The molecule has 0 aliphatic heterocycles. The molecule has 1 heterocycles. The van der Waals surface area contributed by atoms with Crippen LogP contribution in [0.2, 0.25) is 10.2 Å². The fourth-order valence-electron chi connectivity index (χ4n) is 1.65. The zero-order chi connectivity index (χ0) is 13.8. The standard InChI is InChI=1S/C14H12Cl2N2O/c1-9-6-11(7-13(16)18-9)14(19)17-8-10-2-4-12(15)5-3-10/h2-7H,8H2,1H3,(H,17,19). The molecule has 1 aromatic heterocycles. The molecule has 0 spiro atoms. The van der Waals surface area contributed by atoms with E-state index in [1.165, 1.54) is 0 Å². The van der Waals surface area contributed by atoms with E-state index in [0.29, 0.717) is 28.0 Å². The molecule has 0 bridgehead atoms. The molecule has 0 atom stereocenters. The monoisotopic (exact) mass is 294 g/mol. The normalized spacial score (nSPS) is 10.3.